The van der Waals surface area contributed by atoms with Gasteiger partial charge in [0.15, 0.2) is 0 Å². The summed E-state index contributed by atoms with van der Waals surface area (Å²) in [5, 5.41) is 18.6. The van der Waals surface area contributed by atoms with E-state index in [4.69, 9.17) is 4.74 Å². The van der Waals surface area contributed by atoms with Crippen molar-refractivity contribution in [1.82, 2.24) is 0 Å². The molecule has 0 unspecified atom stereocenters. The summed E-state index contributed by atoms with van der Waals surface area (Å²) in [7, 11) is 0. The second kappa shape index (κ2) is 2.19. The molecule has 0 spiro atoms. The lowest BCUT2D eigenvalue weighted by Crippen LogP contribution is -2.25. The average molecular weight is 144 g/mol. The molecule has 0 aromatic rings. The molecule has 2 N–H and O–H groups in total. The number of hydrogen-bond donors (Lipinski definition) is 2. The van der Waals surface area contributed by atoms with E-state index >= 15 is 0 Å². The molecule has 0 aromatic heterocycles. The molecule has 1 heterocycles. The maximum atomic E-state index is 9.28. The number of rotatable bonds is 0. The van der Waals surface area contributed by atoms with E-state index in [1.807, 2.05) is 0 Å². The fourth-order valence-electron chi connectivity index (χ4n) is 1.96. The standard InChI is InChI=1S/C7H12O3/c8-5-2-1-4-6(9)3-10-7(4)5/h4-9H,1-3H2/t4-,5-,6+,7+/m1/s1. The molecule has 1 aliphatic carbocycles. The van der Waals surface area contributed by atoms with Crippen molar-refractivity contribution in [2.75, 3.05) is 6.61 Å². The quantitative estimate of drug-likeness (QED) is 0.482. The Bertz CT molecular complexity index is 121. The minimum absolute atomic E-state index is 0.0741. The monoisotopic (exact) mass is 144 g/mol. The largest absolute Gasteiger partial charge is 0.390 e. The third-order valence-corrected chi connectivity index (χ3v) is 2.55. The molecule has 2 rings (SSSR count). The lowest BCUT2D eigenvalue weighted by atomic mass is 10.0. The van der Waals surface area contributed by atoms with Crippen LogP contribution in [0.25, 0.3) is 0 Å². The molecule has 0 radical (unpaired) electrons. The molecule has 4 atom stereocenters. The lowest BCUT2D eigenvalue weighted by molar-refractivity contribution is 0.00484. The first-order valence-corrected chi connectivity index (χ1v) is 3.77. The number of fused-ring (bicyclic) bond motifs is 1. The second-order valence-electron chi connectivity index (χ2n) is 3.17. The van der Waals surface area contributed by atoms with E-state index in [9.17, 15) is 10.2 Å². The van der Waals surface area contributed by atoms with Crippen molar-refractivity contribution in [3.8, 4) is 0 Å². The number of aliphatic hydroxyl groups is 2. The van der Waals surface area contributed by atoms with Gasteiger partial charge in [-0.05, 0) is 12.8 Å². The summed E-state index contributed by atoms with van der Waals surface area (Å²) < 4.78 is 5.20. The van der Waals surface area contributed by atoms with Crippen molar-refractivity contribution in [3.63, 3.8) is 0 Å². The molecule has 3 heteroatoms. The first kappa shape index (κ1) is 6.58. The molecule has 58 valence electrons. The van der Waals surface area contributed by atoms with E-state index in [-0.39, 0.29) is 24.2 Å². The van der Waals surface area contributed by atoms with Crippen LogP contribution in [0.2, 0.25) is 0 Å². The lowest BCUT2D eigenvalue weighted by Gasteiger charge is -2.11. The first-order chi connectivity index (χ1) is 4.79. The first-order valence-electron chi connectivity index (χ1n) is 3.77. The Morgan fingerprint density at radius 3 is 2.60 bits per heavy atom. The zero-order valence-corrected chi connectivity index (χ0v) is 5.73. The van der Waals surface area contributed by atoms with Crippen molar-refractivity contribution >= 4 is 0 Å². The number of ether oxygens (including phenoxy) is 1. The molecule has 2 fully saturated rings. The van der Waals surface area contributed by atoms with Gasteiger partial charge < -0.3 is 14.9 Å². The summed E-state index contributed by atoms with van der Waals surface area (Å²) in [5.41, 5.74) is 0. The molecule has 3 nitrogen and oxygen atoms in total. The van der Waals surface area contributed by atoms with Crippen LogP contribution >= 0.6 is 0 Å². The molecule has 10 heavy (non-hydrogen) atoms. The zero-order valence-electron chi connectivity index (χ0n) is 5.73. The summed E-state index contributed by atoms with van der Waals surface area (Å²) in [5.74, 6) is 0.204. The smallest absolute Gasteiger partial charge is 0.0888 e. The van der Waals surface area contributed by atoms with Crippen LogP contribution < -0.4 is 0 Å². The Labute approximate surface area is 59.6 Å². The van der Waals surface area contributed by atoms with Gasteiger partial charge >= 0.3 is 0 Å². The molecule has 0 bridgehead atoms. The van der Waals surface area contributed by atoms with Gasteiger partial charge in [-0.2, -0.15) is 0 Å². The minimum atomic E-state index is -0.331. The Hall–Kier alpha value is -0.120. The SMILES string of the molecule is O[C@@H]1CC[C@H]2[C@@H]1OC[C@@H]2O. The van der Waals surface area contributed by atoms with Gasteiger partial charge in [0.2, 0.25) is 0 Å². The summed E-state index contributed by atoms with van der Waals surface area (Å²) in [4.78, 5) is 0. The summed E-state index contributed by atoms with van der Waals surface area (Å²) in [6.45, 7) is 0.409. The van der Waals surface area contributed by atoms with Crippen molar-refractivity contribution in [1.29, 1.82) is 0 Å². The molecule has 2 aliphatic rings. The highest BCUT2D eigenvalue weighted by atomic mass is 16.5. The molecular weight excluding hydrogens is 132 g/mol. The second-order valence-corrected chi connectivity index (χ2v) is 3.17. The predicted molar refractivity (Wildman–Crippen MR) is 34.5 cm³/mol. The molecule has 0 amide bonds. The molecule has 1 saturated heterocycles. The van der Waals surface area contributed by atoms with E-state index in [2.05, 4.69) is 0 Å². The van der Waals surface area contributed by atoms with Crippen molar-refractivity contribution in [2.45, 2.75) is 31.2 Å². The maximum absolute atomic E-state index is 9.28. The fourth-order valence-corrected chi connectivity index (χ4v) is 1.96. The predicted octanol–water partition coefficient (Wildman–Crippen LogP) is -0.483. The van der Waals surface area contributed by atoms with Crippen molar-refractivity contribution in [3.05, 3.63) is 0 Å². The van der Waals surface area contributed by atoms with Crippen LogP contribution in [-0.4, -0.2) is 35.1 Å². The van der Waals surface area contributed by atoms with E-state index in [0.717, 1.165) is 12.8 Å². The van der Waals surface area contributed by atoms with E-state index in [0.29, 0.717) is 6.61 Å². The summed E-state index contributed by atoms with van der Waals surface area (Å²) in [6, 6.07) is 0. The van der Waals surface area contributed by atoms with Crippen LogP contribution in [0.4, 0.5) is 0 Å². The highest BCUT2D eigenvalue weighted by Gasteiger charge is 2.44. The molecule has 0 aromatic carbocycles. The van der Waals surface area contributed by atoms with Gasteiger partial charge in [0.05, 0.1) is 24.9 Å². The fraction of sp³-hybridized carbons (Fsp3) is 1.00. The van der Waals surface area contributed by atoms with E-state index < -0.39 is 0 Å². The van der Waals surface area contributed by atoms with Crippen LogP contribution in [0.5, 0.6) is 0 Å². The van der Waals surface area contributed by atoms with Gasteiger partial charge in [0.1, 0.15) is 0 Å². The van der Waals surface area contributed by atoms with Gasteiger partial charge in [-0.25, -0.2) is 0 Å². The highest BCUT2D eigenvalue weighted by Crippen LogP contribution is 2.35. The molecule has 1 aliphatic heterocycles. The van der Waals surface area contributed by atoms with Crippen LogP contribution in [0.15, 0.2) is 0 Å². The van der Waals surface area contributed by atoms with E-state index in [1.54, 1.807) is 0 Å². The normalized spacial score (nSPS) is 53.4. The maximum Gasteiger partial charge on any atom is 0.0888 e. The molecule has 1 saturated carbocycles. The van der Waals surface area contributed by atoms with E-state index in [1.165, 1.54) is 0 Å². The Morgan fingerprint density at radius 2 is 1.90 bits per heavy atom. The Kier molecular flexibility index (Phi) is 1.44. The van der Waals surface area contributed by atoms with Gasteiger partial charge in [-0.3, -0.25) is 0 Å². The minimum Gasteiger partial charge on any atom is -0.390 e. The topological polar surface area (TPSA) is 49.7 Å². The number of hydrogen-bond acceptors (Lipinski definition) is 3. The number of aliphatic hydroxyl groups excluding tert-OH is 2. The summed E-state index contributed by atoms with van der Waals surface area (Å²) in [6.07, 6.45) is 0.957. The highest BCUT2D eigenvalue weighted by molar-refractivity contribution is 4.93. The third kappa shape index (κ3) is 0.779. The van der Waals surface area contributed by atoms with Crippen LogP contribution in [0, 0.1) is 5.92 Å². The Balaban J connectivity index is 2.09. The van der Waals surface area contributed by atoms with Crippen LogP contribution in [0.3, 0.4) is 0 Å². The third-order valence-electron chi connectivity index (χ3n) is 2.55. The van der Waals surface area contributed by atoms with Crippen LogP contribution in [0.1, 0.15) is 12.8 Å². The summed E-state index contributed by atoms with van der Waals surface area (Å²) >= 11 is 0. The van der Waals surface area contributed by atoms with Gasteiger partial charge in [0.25, 0.3) is 0 Å². The zero-order chi connectivity index (χ0) is 7.14. The van der Waals surface area contributed by atoms with Crippen molar-refractivity contribution < 1.29 is 14.9 Å². The molecular formula is C7H12O3. The van der Waals surface area contributed by atoms with Gasteiger partial charge in [-0.15, -0.1) is 0 Å². The van der Waals surface area contributed by atoms with Crippen LogP contribution in [-0.2, 0) is 4.74 Å². The van der Waals surface area contributed by atoms with Gasteiger partial charge in [-0.1, -0.05) is 0 Å². The average Bonchev–Trinajstić information content (AvgIpc) is 2.41. The van der Waals surface area contributed by atoms with Crippen molar-refractivity contribution in [2.24, 2.45) is 5.92 Å². The van der Waals surface area contributed by atoms with Gasteiger partial charge in [0, 0.05) is 5.92 Å². The Morgan fingerprint density at radius 1 is 1.10 bits per heavy atom.